The number of aromatic nitrogens is 2. The van der Waals surface area contributed by atoms with Crippen LogP contribution >= 0.6 is 0 Å². The number of nitrogens with zero attached hydrogens (tertiary/aromatic N) is 2. The maximum Gasteiger partial charge on any atom is 0.0713 e. The summed E-state index contributed by atoms with van der Waals surface area (Å²) in [7, 11) is 0. The van der Waals surface area contributed by atoms with Gasteiger partial charge in [-0.2, -0.15) is 10.4 Å². The van der Waals surface area contributed by atoms with Gasteiger partial charge >= 0.3 is 0 Å². The van der Waals surface area contributed by atoms with Crippen molar-refractivity contribution in [3.8, 4) is 6.07 Å². The molecule has 1 atom stereocenters. The van der Waals surface area contributed by atoms with Crippen molar-refractivity contribution in [3.63, 3.8) is 0 Å². The van der Waals surface area contributed by atoms with Gasteiger partial charge in [0.2, 0.25) is 0 Å². The first-order valence-corrected chi connectivity index (χ1v) is 5.98. The highest BCUT2D eigenvalue weighted by Crippen LogP contribution is 2.38. The number of hydrogen-bond acceptors (Lipinski definition) is 2. The van der Waals surface area contributed by atoms with Gasteiger partial charge in [0.05, 0.1) is 11.8 Å². The monoisotopic (exact) mass is 217 g/mol. The van der Waals surface area contributed by atoms with E-state index in [9.17, 15) is 0 Å². The van der Waals surface area contributed by atoms with Gasteiger partial charge in [-0.1, -0.05) is 20.8 Å². The van der Waals surface area contributed by atoms with Crippen molar-refractivity contribution < 1.29 is 0 Å². The van der Waals surface area contributed by atoms with Gasteiger partial charge in [-0.05, 0) is 19.3 Å². The van der Waals surface area contributed by atoms with E-state index in [2.05, 4.69) is 37.0 Å². The predicted molar refractivity (Wildman–Crippen MR) is 63.2 cm³/mol. The molecule has 1 aliphatic carbocycles. The molecule has 0 saturated heterocycles. The van der Waals surface area contributed by atoms with Gasteiger partial charge in [-0.15, -0.1) is 0 Å². The molecule has 1 aromatic heterocycles. The zero-order chi connectivity index (χ0) is 11.8. The van der Waals surface area contributed by atoms with Gasteiger partial charge in [0.15, 0.2) is 0 Å². The highest BCUT2D eigenvalue weighted by atomic mass is 15.1. The predicted octanol–water partition coefficient (Wildman–Crippen LogP) is 3.04. The van der Waals surface area contributed by atoms with Crippen LogP contribution in [0.1, 0.15) is 62.9 Å². The molecule has 2 rings (SSSR count). The number of nitriles is 1. The maximum atomic E-state index is 8.89. The molecule has 0 spiro atoms. The summed E-state index contributed by atoms with van der Waals surface area (Å²) in [5.41, 5.74) is 3.81. The minimum absolute atomic E-state index is 0.0646. The molecule has 0 aliphatic heterocycles. The van der Waals surface area contributed by atoms with Crippen LogP contribution in [0, 0.1) is 11.3 Å². The quantitative estimate of drug-likeness (QED) is 0.786. The first kappa shape index (κ1) is 11.2. The van der Waals surface area contributed by atoms with Crippen molar-refractivity contribution in [3.05, 3.63) is 17.0 Å². The molecule has 1 N–H and O–H groups in total. The molecule has 1 heterocycles. The average Bonchev–Trinajstić information content (AvgIpc) is 2.62. The zero-order valence-electron chi connectivity index (χ0n) is 10.3. The van der Waals surface area contributed by atoms with Crippen LogP contribution in [0.25, 0.3) is 0 Å². The highest BCUT2D eigenvalue weighted by molar-refractivity contribution is 5.36. The van der Waals surface area contributed by atoms with E-state index in [0.717, 1.165) is 18.5 Å². The lowest BCUT2D eigenvalue weighted by atomic mass is 9.78. The molecule has 1 aliphatic rings. The van der Waals surface area contributed by atoms with Gasteiger partial charge in [-0.3, -0.25) is 5.10 Å². The lowest BCUT2D eigenvalue weighted by Gasteiger charge is -2.25. The van der Waals surface area contributed by atoms with E-state index >= 15 is 0 Å². The van der Waals surface area contributed by atoms with Crippen LogP contribution in [0.15, 0.2) is 0 Å². The molecule has 3 heteroatoms. The Labute approximate surface area is 96.9 Å². The molecule has 16 heavy (non-hydrogen) atoms. The molecule has 0 saturated carbocycles. The number of hydrogen-bond donors (Lipinski definition) is 1. The van der Waals surface area contributed by atoms with Crippen molar-refractivity contribution in [1.82, 2.24) is 10.2 Å². The Balaban J connectivity index is 2.45. The van der Waals surface area contributed by atoms with E-state index in [1.54, 1.807) is 0 Å². The molecular formula is C13H19N3. The molecular weight excluding hydrogens is 198 g/mol. The van der Waals surface area contributed by atoms with Gasteiger partial charge in [0.25, 0.3) is 0 Å². The Bertz CT molecular complexity index is 417. The van der Waals surface area contributed by atoms with Crippen molar-refractivity contribution in [2.45, 2.75) is 57.8 Å². The van der Waals surface area contributed by atoms with Crippen molar-refractivity contribution in [2.75, 3.05) is 0 Å². The summed E-state index contributed by atoms with van der Waals surface area (Å²) in [6, 6.07) is 2.31. The summed E-state index contributed by atoms with van der Waals surface area (Å²) in [5.74, 6) is 0.390. The SMILES string of the molecule is CC(C)(C)c1n[nH]c2c1C(CC#N)CCC2. The summed E-state index contributed by atoms with van der Waals surface area (Å²) >= 11 is 0. The molecule has 3 nitrogen and oxygen atoms in total. The van der Waals surface area contributed by atoms with E-state index in [0.29, 0.717) is 12.3 Å². The number of rotatable bonds is 1. The molecule has 0 radical (unpaired) electrons. The largest absolute Gasteiger partial charge is 0.282 e. The van der Waals surface area contributed by atoms with Crippen LogP contribution in [0.2, 0.25) is 0 Å². The Morgan fingerprint density at radius 3 is 2.88 bits per heavy atom. The number of aromatic amines is 1. The summed E-state index contributed by atoms with van der Waals surface area (Å²) in [4.78, 5) is 0. The second-order valence-electron chi connectivity index (χ2n) is 5.67. The van der Waals surface area contributed by atoms with Crippen molar-refractivity contribution in [2.24, 2.45) is 0 Å². The molecule has 0 fully saturated rings. The third-order valence-electron chi connectivity index (χ3n) is 3.32. The Kier molecular flexibility index (Phi) is 2.75. The fraction of sp³-hybridized carbons (Fsp3) is 0.692. The smallest absolute Gasteiger partial charge is 0.0713 e. The van der Waals surface area contributed by atoms with Crippen LogP contribution in [0.4, 0.5) is 0 Å². The number of fused-ring (bicyclic) bond motifs is 1. The maximum absolute atomic E-state index is 8.89. The van der Waals surface area contributed by atoms with E-state index < -0.39 is 0 Å². The Morgan fingerprint density at radius 1 is 1.50 bits per heavy atom. The fourth-order valence-electron chi connectivity index (χ4n) is 2.57. The number of H-pyrrole nitrogens is 1. The molecule has 0 aromatic carbocycles. The normalized spacial score (nSPS) is 20.2. The minimum atomic E-state index is 0.0646. The molecule has 1 unspecified atom stereocenters. The van der Waals surface area contributed by atoms with Gasteiger partial charge in [0, 0.05) is 29.0 Å². The lowest BCUT2D eigenvalue weighted by Crippen LogP contribution is -2.18. The van der Waals surface area contributed by atoms with E-state index in [4.69, 9.17) is 5.26 Å². The second-order valence-corrected chi connectivity index (χ2v) is 5.67. The minimum Gasteiger partial charge on any atom is -0.282 e. The Hall–Kier alpha value is -1.30. The highest BCUT2D eigenvalue weighted by Gasteiger charge is 2.30. The molecule has 86 valence electrons. The van der Waals surface area contributed by atoms with Gasteiger partial charge < -0.3 is 0 Å². The standard InChI is InChI=1S/C13H19N3/c1-13(2,3)12-11-9(7-8-14)5-4-6-10(11)15-16-12/h9H,4-7H2,1-3H3,(H,15,16). The molecule has 1 aromatic rings. The lowest BCUT2D eigenvalue weighted by molar-refractivity contribution is 0.520. The van der Waals surface area contributed by atoms with Crippen LogP contribution in [0.5, 0.6) is 0 Å². The van der Waals surface area contributed by atoms with Gasteiger partial charge in [0.1, 0.15) is 0 Å². The van der Waals surface area contributed by atoms with E-state index in [1.165, 1.54) is 17.7 Å². The third-order valence-corrected chi connectivity index (χ3v) is 3.32. The summed E-state index contributed by atoms with van der Waals surface area (Å²) < 4.78 is 0. The van der Waals surface area contributed by atoms with Gasteiger partial charge in [-0.25, -0.2) is 0 Å². The summed E-state index contributed by atoms with van der Waals surface area (Å²) in [6.07, 6.45) is 4.00. The zero-order valence-corrected chi connectivity index (χ0v) is 10.3. The second kappa shape index (κ2) is 3.93. The first-order chi connectivity index (χ1) is 7.54. The van der Waals surface area contributed by atoms with Crippen LogP contribution in [0.3, 0.4) is 0 Å². The van der Waals surface area contributed by atoms with Crippen LogP contribution in [-0.4, -0.2) is 10.2 Å². The van der Waals surface area contributed by atoms with E-state index in [-0.39, 0.29) is 5.41 Å². The summed E-state index contributed by atoms with van der Waals surface area (Å²) in [6.45, 7) is 6.55. The summed E-state index contributed by atoms with van der Waals surface area (Å²) in [5, 5.41) is 16.5. The number of nitrogens with one attached hydrogen (secondary N) is 1. The third kappa shape index (κ3) is 1.84. The van der Waals surface area contributed by atoms with Crippen LogP contribution in [-0.2, 0) is 11.8 Å². The molecule has 0 bridgehead atoms. The Morgan fingerprint density at radius 2 is 2.25 bits per heavy atom. The average molecular weight is 217 g/mol. The topological polar surface area (TPSA) is 52.5 Å². The van der Waals surface area contributed by atoms with Crippen molar-refractivity contribution >= 4 is 0 Å². The first-order valence-electron chi connectivity index (χ1n) is 5.98. The van der Waals surface area contributed by atoms with Crippen LogP contribution < -0.4 is 0 Å². The molecule has 0 amide bonds. The van der Waals surface area contributed by atoms with Crippen molar-refractivity contribution in [1.29, 1.82) is 5.26 Å². The number of aryl methyl sites for hydroxylation is 1. The van der Waals surface area contributed by atoms with E-state index in [1.807, 2.05) is 0 Å². The fourth-order valence-corrected chi connectivity index (χ4v) is 2.57.